The fourth-order valence-corrected chi connectivity index (χ4v) is 15.0. The molecule has 12 heteroatoms. The third kappa shape index (κ3) is 18.1. The van der Waals surface area contributed by atoms with Gasteiger partial charge in [0.15, 0.2) is 0 Å². The van der Waals surface area contributed by atoms with E-state index in [1.54, 1.807) is 0 Å². The minimum atomic E-state index is 0.256. The Morgan fingerprint density at radius 3 is 0.458 bits per heavy atom. The summed E-state index contributed by atoms with van der Waals surface area (Å²) in [6, 6.07) is 100. The maximum Gasteiger partial charge on any atom is 0.131 e. The maximum absolute atomic E-state index is 7.22. The second-order valence-electron chi connectivity index (χ2n) is 31.2. The number of nitrogens with zero attached hydrogens (tertiary/aromatic N) is 2. The zero-order chi connectivity index (χ0) is 82.0. The molecule has 594 valence electrons. The van der Waals surface area contributed by atoms with Crippen LogP contribution in [-0.2, 0) is 52.9 Å². The van der Waals surface area contributed by atoms with Crippen molar-refractivity contribution < 1.29 is 37.9 Å². The third-order valence-electron chi connectivity index (χ3n) is 21.8. The molecule has 0 spiro atoms. The molecule has 0 saturated carbocycles. The monoisotopic (exact) mass is 1570 g/mol. The average molecular weight is 1580 g/mol. The minimum absolute atomic E-state index is 0.256. The van der Waals surface area contributed by atoms with E-state index in [1.165, 1.54) is 0 Å². The molecule has 0 fully saturated rings. The predicted octanol–water partition coefficient (Wildman–Crippen LogP) is 26.4. The molecule has 15 aromatic rings. The van der Waals surface area contributed by atoms with Gasteiger partial charge in [0.05, 0.1) is 45.0 Å². The van der Waals surface area contributed by atoms with Crippen molar-refractivity contribution in [1.82, 2.24) is 19.9 Å². The van der Waals surface area contributed by atoms with Crippen molar-refractivity contribution in [1.29, 1.82) is 0 Å². The highest BCUT2D eigenvalue weighted by molar-refractivity contribution is 6.04. The van der Waals surface area contributed by atoms with E-state index in [0.29, 0.717) is 135 Å². The molecular weight excluding hydrogens is 1480 g/mol. The van der Waals surface area contributed by atoms with Gasteiger partial charge in [0.25, 0.3) is 0 Å². The normalized spacial score (nSPS) is 11.5. The number of hydrogen-bond donors (Lipinski definition) is 2. The van der Waals surface area contributed by atoms with Gasteiger partial charge in [-0.05, 0) is 197 Å². The number of ether oxygens (including phenoxy) is 8. The number of nitrogens with one attached hydrogen (secondary N) is 2. The Morgan fingerprint density at radius 1 is 0.175 bits per heavy atom. The molecular formula is C108H94N4O8. The van der Waals surface area contributed by atoms with Crippen LogP contribution >= 0.6 is 0 Å². The predicted molar refractivity (Wildman–Crippen MR) is 485 cm³/mol. The lowest BCUT2D eigenvalue weighted by molar-refractivity contribution is 0.292. The summed E-state index contributed by atoms with van der Waals surface area (Å²) < 4.78 is 57.7. The molecule has 0 atom stereocenters. The molecule has 8 bridgehead atoms. The standard InChI is InChI=1S/C108H94N4O8/c1-69-21-37-77(38-22-69)61-113-93-13-9-14-94(114-62-78-39-23-70(2)24-40-78)105(93)101-85-53-55-87(109-85)102(106-95(115-63-79-41-25-71(3)26-42-79)15-10-16-96(106)116-64-80-43-27-72(4)28-44-80)89-57-59-91(111-89)104(108-99(119-67-83-49-33-75(7)34-50-83)19-12-20-100(108)120-68-84-51-35-76(8)36-52-84)92-60-58-90(112-92)103(88-56-54-86(101)110-88)107-97(117-65-81-45-29-73(5)30-46-81)17-11-18-98(107)118-66-82-47-31-74(6)32-48-82/h9-60,109,112H,61-68H2,1-8H3. The molecule has 120 heavy (non-hydrogen) atoms. The van der Waals surface area contributed by atoms with E-state index in [4.69, 9.17) is 47.9 Å². The zero-order valence-corrected chi connectivity index (χ0v) is 68.8. The maximum atomic E-state index is 7.22. The van der Waals surface area contributed by atoms with Crippen LogP contribution in [0.15, 0.2) is 291 Å². The summed E-state index contributed by atoms with van der Waals surface area (Å²) in [5.74, 6) is 4.58. The minimum Gasteiger partial charge on any atom is -0.488 e. The number of aryl methyl sites for hydroxylation is 8. The summed E-state index contributed by atoms with van der Waals surface area (Å²) in [7, 11) is 0. The SMILES string of the molecule is Cc1ccc(COc2cccc(OCc3ccc(C)cc3)c2-c2c3nc(c(-c4c(OCc5ccc(C)cc5)cccc4OCc4ccc(C)cc4)c4ccc([nH]4)c(-c4c(OCc5ccc(C)cc5)cccc4OCc4ccc(C)cc4)c4nc(c(-c5c(OCc6ccc(C)cc6)cccc5OCc5ccc(C)cc5)c5ccc2[nH]5)C=C4)C=C3)cc1. The van der Waals surface area contributed by atoms with Gasteiger partial charge in [-0.3, -0.25) is 0 Å². The van der Waals surface area contributed by atoms with E-state index in [2.05, 4.69) is 308 Å². The lowest BCUT2D eigenvalue weighted by Gasteiger charge is -2.19. The number of aromatic nitrogens is 4. The Hall–Kier alpha value is -14.4. The van der Waals surface area contributed by atoms with Crippen LogP contribution in [0.4, 0.5) is 0 Å². The highest BCUT2D eigenvalue weighted by Gasteiger charge is 2.29. The van der Waals surface area contributed by atoms with Crippen LogP contribution in [0.3, 0.4) is 0 Å². The zero-order valence-electron chi connectivity index (χ0n) is 68.8. The lowest BCUT2D eigenvalue weighted by Crippen LogP contribution is -2.03. The molecule has 0 unspecified atom stereocenters. The van der Waals surface area contributed by atoms with Crippen molar-refractivity contribution in [2.75, 3.05) is 0 Å². The molecule has 2 aliphatic heterocycles. The number of fused-ring (bicyclic) bond motifs is 8. The summed E-state index contributed by atoms with van der Waals surface area (Å²) in [6.07, 6.45) is 8.36. The van der Waals surface area contributed by atoms with Gasteiger partial charge >= 0.3 is 0 Å². The lowest BCUT2D eigenvalue weighted by atomic mass is 10.0. The molecule has 5 heterocycles. The molecule has 0 amide bonds. The summed E-state index contributed by atoms with van der Waals surface area (Å²) in [4.78, 5) is 20.2. The fraction of sp³-hybridized carbons (Fsp3) is 0.148. The van der Waals surface area contributed by atoms with Crippen LogP contribution in [-0.4, -0.2) is 19.9 Å². The largest absolute Gasteiger partial charge is 0.488 e. The van der Waals surface area contributed by atoms with Crippen molar-refractivity contribution in [3.05, 3.63) is 403 Å². The van der Waals surface area contributed by atoms with Crippen molar-refractivity contribution in [3.63, 3.8) is 0 Å². The highest BCUT2D eigenvalue weighted by atomic mass is 16.5. The number of benzene rings is 12. The summed E-state index contributed by atoms with van der Waals surface area (Å²) in [6.45, 7) is 18.8. The molecule has 2 N–H and O–H groups in total. The van der Waals surface area contributed by atoms with Crippen molar-refractivity contribution in [2.24, 2.45) is 0 Å². The molecule has 2 aliphatic rings. The van der Waals surface area contributed by atoms with Gasteiger partial charge in [0, 0.05) is 44.3 Å². The Balaban J connectivity index is 1.00. The van der Waals surface area contributed by atoms with Crippen LogP contribution in [0.1, 0.15) is 112 Å². The summed E-state index contributed by atoms with van der Waals surface area (Å²) in [5.41, 5.74) is 27.8. The van der Waals surface area contributed by atoms with Crippen LogP contribution in [0.5, 0.6) is 46.0 Å². The molecule has 17 rings (SSSR count). The van der Waals surface area contributed by atoms with Crippen LogP contribution < -0.4 is 37.9 Å². The smallest absolute Gasteiger partial charge is 0.131 e. The quantitative estimate of drug-likeness (QED) is 0.0489. The van der Waals surface area contributed by atoms with Crippen molar-refractivity contribution >= 4 is 46.4 Å². The Kier molecular flexibility index (Phi) is 23.2. The Bertz CT molecular complexity index is 5400. The summed E-state index contributed by atoms with van der Waals surface area (Å²) in [5, 5.41) is 0. The van der Waals surface area contributed by atoms with Crippen molar-refractivity contribution in [2.45, 2.75) is 108 Å². The molecule has 0 aliphatic carbocycles. The van der Waals surface area contributed by atoms with Gasteiger partial charge in [0.1, 0.15) is 98.9 Å². The first-order chi connectivity index (χ1) is 58.7. The third-order valence-corrected chi connectivity index (χ3v) is 21.8. The van der Waals surface area contributed by atoms with Gasteiger partial charge in [-0.2, -0.15) is 0 Å². The van der Waals surface area contributed by atoms with Gasteiger partial charge in [-0.15, -0.1) is 0 Å². The molecule has 3 aromatic heterocycles. The molecule has 0 radical (unpaired) electrons. The molecule has 0 saturated heterocycles. The number of hydrogen-bond acceptors (Lipinski definition) is 10. The second kappa shape index (κ2) is 35.6. The van der Waals surface area contributed by atoms with Crippen LogP contribution in [0.2, 0.25) is 0 Å². The Labute approximate surface area is 701 Å². The van der Waals surface area contributed by atoms with Gasteiger partial charge < -0.3 is 47.9 Å². The number of aromatic amines is 2. The Morgan fingerprint density at radius 2 is 0.317 bits per heavy atom. The average Bonchev–Trinajstić information content (AvgIpc) is 1.59. The van der Waals surface area contributed by atoms with Crippen molar-refractivity contribution in [3.8, 4) is 90.5 Å². The molecule has 12 nitrogen and oxygen atoms in total. The van der Waals surface area contributed by atoms with E-state index in [9.17, 15) is 0 Å². The topological polar surface area (TPSA) is 131 Å². The van der Waals surface area contributed by atoms with E-state index >= 15 is 0 Å². The first-order valence-corrected chi connectivity index (χ1v) is 40.9. The number of H-pyrrole nitrogens is 2. The van der Waals surface area contributed by atoms with Crippen LogP contribution in [0.25, 0.3) is 90.9 Å². The van der Waals surface area contributed by atoms with E-state index in [0.717, 1.165) is 89.0 Å². The second-order valence-corrected chi connectivity index (χ2v) is 31.2. The van der Waals surface area contributed by atoms with E-state index < -0.39 is 0 Å². The van der Waals surface area contributed by atoms with Crippen LogP contribution in [0, 0.1) is 55.4 Å². The highest BCUT2D eigenvalue weighted by Crippen LogP contribution is 2.51. The van der Waals surface area contributed by atoms with E-state index in [1.807, 2.05) is 72.8 Å². The van der Waals surface area contributed by atoms with Gasteiger partial charge in [-0.1, -0.05) is 263 Å². The van der Waals surface area contributed by atoms with Gasteiger partial charge in [0.2, 0.25) is 0 Å². The van der Waals surface area contributed by atoms with E-state index in [-0.39, 0.29) is 52.9 Å². The molecule has 12 aromatic carbocycles. The first-order valence-electron chi connectivity index (χ1n) is 40.9. The van der Waals surface area contributed by atoms with Gasteiger partial charge in [-0.25, -0.2) is 9.97 Å². The number of rotatable bonds is 28. The summed E-state index contributed by atoms with van der Waals surface area (Å²) >= 11 is 0. The fourth-order valence-electron chi connectivity index (χ4n) is 15.0. The first kappa shape index (κ1) is 78.2.